The van der Waals surface area contributed by atoms with Crippen LogP contribution in [0.1, 0.15) is 29.2 Å². The normalized spacial score (nSPS) is 15.4. The molecule has 1 aromatic carbocycles. The van der Waals surface area contributed by atoms with Gasteiger partial charge in [-0.3, -0.25) is 4.90 Å². The number of methoxy groups -OCH3 is 3. The van der Waals surface area contributed by atoms with Crippen LogP contribution in [0.5, 0.6) is 23.1 Å². The molecule has 1 fully saturated rings. The molecule has 11 nitrogen and oxygen atoms in total. The Bertz CT molecular complexity index is 1150. The molecule has 2 aromatic heterocycles. The van der Waals surface area contributed by atoms with Gasteiger partial charge in [-0.25, -0.2) is 9.78 Å². The summed E-state index contributed by atoms with van der Waals surface area (Å²) in [5.41, 5.74) is 0.843. The van der Waals surface area contributed by atoms with Gasteiger partial charge in [0.15, 0.2) is 11.5 Å². The van der Waals surface area contributed by atoms with Crippen molar-refractivity contribution in [1.29, 1.82) is 0 Å². The lowest BCUT2D eigenvalue weighted by Gasteiger charge is -2.38. The van der Waals surface area contributed by atoms with Crippen LogP contribution in [0.15, 0.2) is 12.1 Å². The Morgan fingerprint density at radius 3 is 2.29 bits per heavy atom. The zero-order chi connectivity index (χ0) is 24.4. The Morgan fingerprint density at radius 1 is 1.12 bits per heavy atom. The summed E-state index contributed by atoms with van der Waals surface area (Å²) in [6.07, 6.45) is -0.316. The number of amides is 1. The Labute approximate surface area is 201 Å². The zero-order valence-corrected chi connectivity index (χ0v) is 20.7. The molecule has 184 valence electrons. The lowest BCUT2D eigenvalue weighted by atomic mass is 10.0. The van der Waals surface area contributed by atoms with Gasteiger partial charge >= 0.3 is 6.09 Å². The summed E-state index contributed by atoms with van der Waals surface area (Å²) >= 11 is 1.37. The van der Waals surface area contributed by atoms with Crippen LogP contribution in [0.25, 0.3) is 4.96 Å². The number of nitrogens with zero attached hydrogens (tertiary/aromatic N) is 5. The van der Waals surface area contributed by atoms with E-state index in [1.54, 1.807) is 40.1 Å². The maximum absolute atomic E-state index is 12.2. The molecule has 12 heteroatoms. The van der Waals surface area contributed by atoms with E-state index in [1.165, 1.54) is 15.9 Å². The van der Waals surface area contributed by atoms with Crippen molar-refractivity contribution in [1.82, 2.24) is 24.4 Å². The summed E-state index contributed by atoms with van der Waals surface area (Å²) in [4.78, 5) is 21.8. The van der Waals surface area contributed by atoms with Crippen LogP contribution >= 0.6 is 11.3 Å². The number of hydrogen-bond donors (Lipinski definition) is 1. The molecule has 1 aliphatic heterocycles. The molecular formula is C22H29N5O6S. The first-order valence-corrected chi connectivity index (χ1v) is 11.7. The van der Waals surface area contributed by atoms with Crippen LogP contribution in [-0.2, 0) is 4.74 Å². The van der Waals surface area contributed by atoms with Crippen LogP contribution in [0, 0.1) is 6.92 Å². The van der Waals surface area contributed by atoms with Gasteiger partial charge < -0.3 is 29.0 Å². The van der Waals surface area contributed by atoms with E-state index in [-0.39, 0.29) is 18.0 Å². The number of fused-ring (bicyclic) bond motifs is 1. The molecule has 0 radical (unpaired) electrons. The number of piperazine rings is 1. The van der Waals surface area contributed by atoms with Crippen LogP contribution in [0.2, 0.25) is 0 Å². The number of aromatic nitrogens is 3. The van der Waals surface area contributed by atoms with Gasteiger partial charge in [0.2, 0.25) is 16.6 Å². The highest BCUT2D eigenvalue weighted by atomic mass is 32.1. The lowest BCUT2D eigenvalue weighted by Crippen LogP contribution is -2.49. The van der Waals surface area contributed by atoms with Crippen LogP contribution in [0.3, 0.4) is 0 Å². The molecule has 1 amide bonds. The molecule has 0 saturated carbocycles. The molecule has 0 spiro atoms. The van der Waals surface area contributed by atoms with Crippen molar-refractivity contribution in [3.8, 4) is 23.1 Å². The van der Waals surface area contributed by atoms with Gasteiger partial charge in [-0.15, -0.1) is 5.10 Å². The lowest BCUT2D eigenvalue weighted by molar-refractivity contribution is 0.0715. The highest BCUT2D eigenvalue weighted by Gasteiger charge is 2.34. The van der Waals surface area contributed by atoms with E-state index in [9.17, 15) is 9.90 Å². The molecular weight excluding hydrogens is 462 g/mol. The summed E-state index contributed by atoms with van der Waals surface area (Å²) in [6, 6.07) is 3.40. The van der Waals surface area contributed by atoms with Gasteiger partial charge in [0.25, 0.3) is 0 Å². The van der Waals surface area contributed by atoms with E-state index in [1.807, 2.05) is 12.1 Å². The number of carbonyl (C=O) groups is 1. The summed E-state index contributed by atoms with van der Waals surface area (Å²) in [5.74, 6) is 2.14. The fraction of sp³-hybridized carbons (Fsp3) is 0.500. The topological polar surface area (TPSA) is 111 Å². The highest BCUT2D eigenvalue weighted by Crippen LogP contribution is 2.45. The van der Waals surface area contributed by atoms with Crippen molar-refractivity contribution in [3.63, 3.8) is 0 Å². The number of benzene rings is 1. The molecule has 1 N–H and O–H groups in total. The second kappa shape index (κ2) is 9.94. The molecule has 0 bridgehead atoms. The third-order valence-electron chi connectivity index (χ3n) is 5.76. The van der Waals surface area contributed by atoms with Crippen molar-refractivity contribution in [2.75, 3.05) is 54.1 Å². The van der Waals surface area contributed by atoms with E-state index in [4.69, 9.17) is 18.9 Å². The highest BCUT2D eigenvalue weighted by molar-refractivity contribution is 7.17. The number of thiazole rings is 1. The maximum Gasteiger partial charge on any atom is 0.409 e. The predicted molar refractivity (Wildman–Crippen MR) is 125 cm³/mol. The van der Waals surface area contributed by atoms with Crippen molar-refractivity contribution >= 4 is 22.4 Å². The van der Waals surface area contributed by atoms with E-state index in [2.05, 4.69) is 15.0 Å². The molecule has 4 rings (SSSR count). The molecule has 0 unspecified atom stereocenters. The summed E-state index contributed by atoms with van der Waals surface area (Å²) in [6.45, 7) is 6.06. The van der Waals surface area contributed by atoms with E-state index >= 15 is 0 Å². The number of hydrogen-bond acceptors (Lipinski definition) is 10. The van der Waals surface area contributed by atoms with Crippen molar-refractivity contribution in [2.24, 2.45) is 0 Å². The first-order chi connectivity index (χ1) is 16.4. The molecule has 0 aliphatic carbocycles. The third-order valence-corrected chi connectivity index (χ3v) is 6.83. The third kappa shape index (κ3) is 4.30. The van der Waals surface area contributed by atoms with Gasteiger partial charge in [-0.1, -0.05) is 11.3 Å². The van der Waals surface area contributed by atoms with Crippen molar-refractivity contribution in [2.45, 2.75) is 19.9 Å². The number of aromatic hydroxyl groups is 1. The number of aryl methyl sites for hydroxylation is 1. The Kier molecular flexibility index (Phi) is 6.98. The SMILES string of the molecule is CCOC(=O)N1CCN([C@@H](c2cc(OC)c(OC)c(OC)c2)c2sc3nc(C)nn3c2O)CC1. The Morgan fingerprint density at radius 2 is 1.76 bits per heavy atom. The average Bonchev–Trinajstić information content (AvgIpc) is 3.35. The molecule has 3 heterocycles. The minimum atomic E-state index is -0.355. The van der Waals surface area contributed by atoms with Crippen molar-refractivity contribution < 1.29 is 28.8 Å². The minimum Gasteiger partial charge on any atom is -0.493 e. The van der Waals surface area contributed by atoms with Crippen molar-refractivity contribution in [3.05, 3.63) is 28.4 Å². The van der Waals surface area contributed by atoms with Gasteiger partial charge in [-0.05, 0) is 31.5 Å². The summed E-state index contributed by atoms with van der Waals surface area (Å²) in [7, 11) is 4.69. The monoisotopic (exact) mass is 491 g/mol. The molecule has 1 atom stereocenters. The molecule has 3 aromatic rings. The zero-order valence-electron chi connectivity index (χ0n) is 19.9. The molecule has 1 saturated heterocycles. The summed E-state index contributed by atoms with van der Waals surface area (Å²) in [5, 5.41) is 15.4. The quantitative estimate of drug-likeness (QED) is 0.533. The molecule has 34 heavy (non-hydrogen) atoms. The van der Waals surface area contributed by atoms with Gasteiger partial charge in [-0.2, -0.15) is 4.52 Å². The van der Waals surface area contributed by atoms with Gasteiger partial charge in [0.05, 0.1) is 38.9 Å². The van der Waals surface area contributed by atoms with E-state index in [0.29, 0.717) is 65.7 Å². The smallest absolute Gasteiger partial charge is 0.409 e. The Balaban J connectivity index is 1.77. The van der Waals surface area contributed by atoms with Crippen LogP contribution in [-0.4, -0.2) is 89.7 Å². The number of carbonyl (C=O) groups excluding carboxylic acids is 1. The first kappa shape index (κ1) is 23.9. The number of rotatable bonds is 7. The second-order valence-electron chi connectivity index (χ2n) is 7.73. The second-order valence-corrected chi connectivity index (χ2v) is 8.74. The molecule has 1 aliphatic rings. The number of ether oxygens (including phenoxy) is 4. The minimum absolute atomic E-state index is 0.0344. The van der Waals surface area contributed by atoms with Gasteiger partial charge in [0, 0.05) is 26.2 Å². The summed E-state index contributed by atoms with van der Waals surface area (Å²) < 4.78 is 23.2. The average molecular weight is 492 g/mol. The van der Waals surface area contributed by atoms with E-state index in [0.717, 1.165) is 5.56 Å². The maximum atomic E-state index is 12.2. The van der Waals surface area contributed by atoms with Crippen LogP contribution < -0.4 is 14.2 Å². The fourth-order valence-corrected chi connectivity index (χ4v) is 5.35. The Hall–Kier alpha value is -3.25. The van der Waals surface area contributed by atoms with Gasteiger partial charge in [0.1, 0.15) is 5.82 Å². The first-order valence-electron chi connectivity index (χ1n) is 10.9. The predicted octanol–water partition coefficient (Wildman–Crippen LogP) is 2.69. The standard InChI is InChI=1S/C22H29N5O6S/c1-6-33-22(29)26-9-7-25(8-10-26)17(19-20(28)27-21(34-19)23-13(2)24-27)14-11-15(30-3)18(32-5)16(12-14)31-4/h11-12,17,28H,6-10H2,1-5H3/t17-/m0/s1. The van der Waals surface area contributed by atoms with Crippen LogP contribution in [0.4, 0.5) is 4.79 Å². The van der Waals surface area contributed by atoms with E-state index < -0.39 is 0 Å². The largest absolute Gasteiger partial charge is 0.493 e. The fourth-order valence-electron chi connectivity index (χ4n) is 4.19.